The second-order valence-corrected chi connectivity index (χ2v) is 9.55. The fourth-order valence-electron chi connectivity index (χ4n) is 2.32. The van der Waals surface area contributed by atoms with Crippen molar-refractivity contribution in [2.24, 2.45) is 0 Å². The summed E-state index contributed by atoms with van der Waals surface area (Å²) < 4.78 is 26.9. The average molecular weight is 324 g/mol. The summed E-state index contributed by atoms with van der Waals surface area (Å²) in [4.78, 5) is 0. The molecule has 1 aliphatic heterocycles. The van der Waals surface area contributed by atoms with Crippen LogP contribution in [0.25, 0.3) is 0 Å². The molecule has 114 valence electrons. The van der Waals surface area contributed by atoms with Gasteiger partial charge in [-0.25, -0.2) is 12.7 Å². The maximum Gasteiger partial charge on any atom is 0.218 e. The van der Waals surface area contributed by atoms with Gasteiger partial charge in [-0.2, -0.15) is 17.0 Å². The predicted molar refractivity (Wildman–Crippen MR) is 86.5 cm³/mol. The minimum atomic E-state index is -3.37. The largest absolute Gasteiger partial charge is 0.218 e. The first kappa shape index (κ1) is 16.3. The highest BCUT2D eigenvalue weighted by atomic mass is 32.2. The van der Waals surface area contributed by atoms with E-state index in [1.54, 1.807) is 28.6 Å². The SMILES string of the molecule is CC1(C)CCN(S(=O)(=O)Cc2ccccc2C#N)CCS1. The van der Waals surface area contributed by atoms with Crippen LogP contribution in [0.2, 0.25) is 0 Å². The highest BCUT2D eigenvalue weighted by molar-refractivity contribution is 8.00. The van der Waals surface area contributed by atoms with Crippen LogP contribution < -0.4 is 0 Å². The van der Waals surface area contributed by atoms with Gasteiger partial charge in [-0.05, 0) is 18.1 Å². The minimum Gasteiger partial charge on any atom is -0.212 e. The first-order valence-corrected chi connectivity index (χ1v) is 9.53. The highest BCUT2D eigenvalue weighted by Gasteiger charge is 2.30. The first-order valence-electron chi connectivity index (χ1n) is 6.94. The summed E-state index contributed by atoms with van der Waals surface area (Å²) in [7, 11) is -3.37. The van der Waals surface area contributed by atoms with Crippen molar-refractivity contribution >= 4 is 21.8 Å². The quantitative estimate of drug-likeness (QED) is 0.857. The maximum atomic E-state index is 12.6. The molecule has 0 N–H and O–H groups in total. The number of thioether (sulfide) groups is 1. The molecule has 0 saturated carbocycles. The van der Waals surface area contributed by atoms with Crippen molar-refractivity contribution in [3.05, 3.63) is 35.4 Å². The van der Waals surface area contributed by atoms with Crippen molar-refractivity contribution in [1.29, 1.82) is 5.26 Å². The Morgan fingerprint density at radius 1 is 1.33 bits per heavy atom. The van der Waals surface area contributed by atoms with Crippen molar-refractivity contribution in [2.75, 3.05) is 18.8 Å². The Labute approximate surface area is 131 Å². The molecule has 1 aromatic rings. The van der Waals surface area contributed by atoms with E-state index >= 15 is 0 Å². The topological polar surface area (TPSA) is 61.2 Å². The van der Waals surface area contributed by atoms with Crippen LogP contribution >= 0.6 is 11.8 Å². The van der Waals surface area contributed by atoms with Crippen molar-refractivity contribution < 1.29 is 8.42 Å². The van der Waals surface area contributed by atoms with Gasteiger partial charge < -0.3 is 0 Å². The molecule has 0 atom stereocenters. The summed E-state index contributed by atoms with van der Waals surface area (Å²) >= 11 is 1.82. The van der Waals surface area contributed by atoms with Gasteiger partial charge >= 0.3 is 0 Å². The molecule has 1 heterocycles. The summed E-state index contributed by atoms with van der Waals surface area (Å²) in [5.74, 6) is 0.716. The molecule has 4 nitrogen and oxygen atoms in total. The minimum absolute atomic E-state index is 0.0954. The Kier molecular flexibility index (Phi) is 4.97. The van der Waals surface area contributed by atoms with Gasteiger partial charge in [-0.3, -0.25) is 0 Å². The van der Waals surface area contributed by atoms with Gasteiger partial charge in [0.1, 0.15) is 0 Å². The highest BCUT2D eigenvalue weighted by Crippen LogP contribution is 2.31. The third-order valence-corrected chi connectivity index (χ3v) is 6.87. The monoisotopic (exact) mass is 324 g/mol. The summed E-state index contributed by atoms with van der Waals surface area (Å²) in [6.07, 6.45) is 0.844. The van der Waals surface area contributed by atoms with E-state index in [0.29, 0.717) is 24.2 Å². The maximum absolute atomic E-state index is 12.6. The van der Waals surface area contributed by atoms with Gasteiger partial charge in [0.05, 0.1) is 17.4 Å². The molecule has 2 rings (SSSR count). The number of nitrogens with zero attached hydrogens (tertiary/aromatic N) is 2. The molecular weight excluding hydrogens is 304 g/mol. The summed E-state index contributed by atoms with van der Waals surface area (Å²) in [6, 6.07) is 8.95. The number of rotatable bonds is 3. The second kappa shape index (κ2) is 6.39. The number of hydrogen-bond donors (Lipinski definition) is 0. The summed E-state index contributed by atoms with van der Waals surface area (Å²) in [5.41, 5.74) is 1.02. The van der Waals surface area contributed by atoms with E-state index in [1.807, 2.05) is 11.8 Å². The zero-order valence-electron chi connectivity index (χ0n) is 12.4. The fraction of sp³-hybridized carbons (Fsp3) is 0.533. The molecule has 0 unspecified atom stereocenters. The molecule has 1 saturated heterocycles. The molecule has 6 heteroatoms. The number of nitriles is 1. The zero-order valence-corrected chi connectivity index (χ0v) is 14.0. The van der Waals surface area contributed by atoms with Crippen LogP contribution in [0, 0.1) is 11.3 Å². The number of sulfonamides is 1. The molecule has 21 heavy (non-hydrogen) atoms. The molecule has 1 aliphatic rings. The lowest BCUT2D eigenvalue weighted by Crippen LogP contribution is -2.34. The van der Waals surface area contributed by atoms with E-state index in [4.69, 9.17) is 5.26 Å². The Hall–Kier alpha value is -1.03. The molecule has 0 bridgehead atoms. The fourth-order valence-corrected chi connectivity index (χ4v) is 5.10. The van der Waals surface area contributed by atoms with Gasteiger partial charge in [0.2, 0.25) is 10.0 Å². The van der Waals surface area contributed by atoms with E-state index in [9.17, 15) is 8.42 Å². The third-order valence-electron chi connectivity index (χ3n) is 3.67. The summed E-state index contributed by atoms with van der Waals surface area (Å²) in [5, 5.41) is 9.08. The van der Waals surface area contributed by atoms with Gasteiger partial charge in [-0.1, -0.05) is 32.0 Å². The molecule has 1 fully saturated rings. The normalized spacial score (nSPS) is 19.7. The van der Waals surface area contributed by atoms with Crippen molar-refractivity contribution in [1.82, 2.24) is 4.31 Å². The Morgan fingerprint density at radius 2 is 2.05 bits per heavy atom. The molecule has 0 amide bonds. The lowest BCUT2D eigenvalue weighted by molar-refractivity contribution is 0.415. The lowest BCUT2D eigenvalue weighted by Gasteiger charge is -2.22. The molecule has 1 aromatic carbocycles. The third kappa shape index (κ3) is 4.22. The molecule has 0 aromatic heterocycles. The van der Waals surface area contributed by atoms with E-state index in [0.717, 1.165) is 12.2 Å². The molecule has 0 radical (unpaired) electrons. The molecule has 0 aliphatic carbocycles. The standard InChI is InChI=1S/C15H20N2O2S2/c1-15(2)7-8-17(9-10-20-15)21(18,19)12-14-6-4-3-5-13(14)11-16/h3-6H,7-10,12H2,1-2H3. The van der Waals surface area contributed by atoms with Crippen molar-refractivity contribution in [3.8, 4) is 6.07 Å². The average Bonchev–Trinajstić information content (AvgIpc) is 2.60. The van der Waals surface area contributed by atoms with Crippen LogP contribution in [-0.4, -0.2) is 36.3 Å². The second-order valence-electron chi connectivity index (χ2n) is 5.78. The molecule has 0 spiro atoms. The predicted octanol–water partition coefficient (Wildman–Crippen LogP) is 2.61. The smallest absolute Gasteiger partial charge is 0.212 e. The Balaban J connectivity index is 2.17. The summed E-state index contributed by atoms with van der Waals surface area (Å²) in [6.45, 7) is 5.40. The lowest BCUT2D eigenvalue weighted by atomic mass is 10.1. The van der Waals surface area contributed by atoms with Crippen LogP contribution in [0.5, 0.6) is 0 Å². The van der Waals surface area contributed by atoms with Gasteiger partial charge in [0, 0.05) is 23.6 Å². The first-order chi connectivity index (χ1) is 9.84. The van der Waals surface area contributed by atoms with Crippen molar-refractivity contribution in [2.45, 2.75) is 30.8 Å². The van der Waals surface area contributed by atoms with Gasteiger partial charge in [0.25, 0.3) is 0 Å². The van der Waals surface area contributed by atoms with E-state index in [-0.39, 0.29) is 10.5 Å². The van der Waals surface area contributed by atoms with Crippen LogP contribution in [0.15, 0.2) is 24.3 Å². The Bertz CT molecular complexity index is 648. The van der Waals surface area contributed by atoms with Crippen molar-refractivity contribution in [3.63, 3.8) is 0 Å². The zero-order chi connectivity index (χ0) is 15.5. The molecular formula is C15H20N2O2S2. The number of hydrogen-bond acceptors (Lipinski definition) is 4. The Morgan fingerprint density at radius 3 is 2.76 bits per heavy atom. The van der Waals surface area contributed by atoms with Crippen LogP contribution in [-0.2, 0) is 15.8 Å². The van der Waals surface area contributed by atoms with Crippen LogP contribution in [0.4, 0.5) is 0 Å². The van der Waals surface area contributed by atoms with E-state index in [1.165, 1.54) is 0 Å². The number of benzene rings is 1. The van der Waals surface area contributed by atoms with E-state index < -0.39 is 10.0 Å². The van der Waals surface area contributed by atoms with Gasteiger partial charge in [-0.15, -0.1) is 0 Å². The van der Waals surface area contributed by atoms with Crippen LogP contribution in [0.3, 0.4) is 0 Å². The van der Waals surface area contributed by atoms with Gasteiger partial charge in [0.15, 0.2) is 0 Å². The van der Waals surface area contributed by atoms with Crippen LogP contribution in [0.1, 0.15) is 31.4 Å². The van der Waals surface area contributed by atoms with E-state index in [2.05, 4.69) is 19.9 Å².